The predicted molar refractivity (Wildman–Crippen MR) is 83.2 cm³/mol. The van der Waals surface area contributed by atoms with Gasteiger partial charge in [-0.05, 0) is 25.0 Å². The molecule has 0 saturated carbocycles. The second-order valence-corrected chi connectivity index (χ2v) is 5.98. The van der Waals surface area contributed by atoms with Gasteiger partial charge in [-0.2, -0.15) is 0 Å². The van der Waals surface area contributed by atoms with E-state index in [2.05, 4.69) is 20.9 Å². The van der Waals surface area contributed by atoms with E-state index in [1.807, 2.05) is 25.1 Å². The summed E-state index contributed by atoms with van der Waals surface area (Å²) >= 11 is 0. The molecule has 1 aromatic carbocycles. The van der Waals surface area contributed by atoms with E-state index in [-0.39, 0.29) is 6.10 Å². The summed E-state index contributed by atoms with van der Waals surface area (Å²) < 4.78 is 5.91. The van der Waals surface area contributed by atoms with Crippen molar-refractivity contribution in [1.29, 1.82) is 0 Å². The quantitative estimate of drug-likeness (QED) is 0.870. The van der Waals surface area contributed by atoms with Crippen LogP contribution in [0.2, 0.25) is 0 Å². The first-order valence-electron chi connectivity index (χ1n) is 7.71. The number of benzene rings is 1. The van der Waals surface area contributed by atoms with Crippen LogP contribution in [0.15, 0.2) is 24.3 Å². The monoisotopic (exact) mass is 297 g/mol. The summed E-state index contributed by atoms with van der Waals surface area (Å²) in [4.78, 5) is 11.4. The number of ether oxygens (including phenoxy) is 1. The molecule has 5 nitrogen and oxygen atoms in total. The van der Waals surface area contributed by atoms with Crippen LogP contribution in [0.3, 0.4) is 0 Å². The summed E-state index contributed by atoms with van der Waals surface area (Å²) in [6, 6.07) is 8.11. The van der Waals surface area contributed by atoms with E-state index in [1.54, 1.807) is 0 Å². The number of fused-ring (bicyclic) bond motifs is 2. The number of rotatable bonds is 1. The van der Waals surface area contributed by atoms with Crippen molar-refractivity contribution in [1.82, 2.24) is 9.97 Å². The second-order valence-electron chi connectivity index (χ2n) is 5.98. The molecule has 3 heterocycles. The summed E-state index contributed by atoms with van der Waals surface area (Å²) in [6.45, 7) is 3.87. The van der Waals surface area contributed by atoms with Gasteiger partial charge in [0.25, 0.3) is 0 Å². The number of aliphatic hydroxyl groups is 1. The molecule has 22 heavy (non-hydrogen) atoms. The van der Waals surface area contributed by atoms with Crippen molar-refractivity contribution in [2.75, 3.05) is 18.0 Å². The third kappa shape index (κ3) is 2.31. The lowest BCUT2D eigenvalue weighted by Crippen LogP contribution is -2.25. The number of anilines is 1. The summed E-state index contributed by atoms with van der Waals surface area (Å²) in [6.07, 6.45) is 1.30. The molecule has 5 heteroatoms. The fourth-order valence-corrected chi connectivity index (χ4v) is 3.26. The zero-order valence-electron chi connectivity index (χ0n) is 12.6. The van der Waals surface area contributed by atoms with Crippen molar-refractivity contribution < 1.29 is 9.84 Å². The molecule has 1 saturated heterocycles. The minimum Gasteiger partial charge on any atom is -0.487 e. The molecule has 1 N–H and O–H groups in total. The third-order valence-electron chi connectivity index (χ3n) is 4.35. The zero-order chi connectivity index (χ0) is 15.1. The van der Waals surface area contributed by atoms with Crippen LogP contribution < -0.4 is 9.64 Å². The molecule has 0 bridgehead atoms. The maximum Gasteiger partial charge on any atom is 0.136 e. The minimum absolute atomic E-state index is 0.264. The molecule has 0 radical (unpaired) electrons. The van der Waals surface area contributed by atoms with Crippen LogP contribution in [0.1, 0.15) is 29.1 Å². The maximum absolute atomic E-state index is 9.84. The van der Waals surface area contributed by atoms with E-state index in [0.29, 0.717) is 13.2 Å². The Morgan fingerprint density at radius 3 is 2.95 bits per heavy atom. The van der Waals surface area contributed by atoms with Gasteiger partial charge < -0.3 is 14.7 Å². The second kappa shape index (κ2) is 5.25. The third-order valence-corrected chi connectivity index (χ3v) is 4.35. The number of nitrogens with zero attached hydrogens (tertiary/aromatic N) is 3. The van der Waals surface area contributed by atoms with Crippen LogP contribution in [-0.4, -0.2) is 34.3 Å². The first-order valence-corrected chi connectivity index (χ1v) is 7.71. The Bertz CT molecular complexity index is 717. The first-order chi connectivity index (χ1) is 10.7. The average molecular weight is 297 g/mol. The first kappa shape index (κ1) is 13.5. The number of hydrogen-bond donors (Lipinski definition) is 1. The van der Waals surface area contributed by atoms with E-state index in [1.165, 1.54) is 0 Å². The van der Waals surface area contributed by atoms with Gasteiger partial charge in [0.15, 0.2) is 0 Å². The Morgan fingerprint density at radius 1 is 1.27 bits per heavy atom. The molecular formula is C17H19N3O2. The standard InChI is InChI=1S/C17H19N3O2/c1-11-18-15-10-22-16-5-3-2-4-12(16)8-14(15)17(19-11)20-7-6-13(21)9-20/h2-5,13,21H,6-10H2,1H3/t13-/m1/s1. The van der Waals surface area contributed by atoms with E-state index in [0.717, 1.165) is 53.6 Å². The Hall–Kier alpha value is -2.14. The fourth-order valence-electron chi connectivity index (χ4n) is 3.26. The van der Waals surface area contributed by atoms with Gasteiger partial charge in [-0.3, -0.25) is 0 Å². The van der Waals surface area contributed by atoms with Crippen LogP contribution >= 0.6 is 0 Å². The van der Waals surface area contributed by atoms with Gasteiger partial charge in [-0.1, -0.05) is 18.2 Å². The largest absolute Gasteiger partial charge is 0.487 e. The topological polar surface area (TPSA) is 58.5 Å². The molecule has 2 aliphatic heterocycles. The summed E-state index contributed by atoms with van der Waals surface area (Å²) in [7, 11) is 0. The Balaban J connectivity index is 1.80. The van der Waals surface area contributed by atoms with E-state index >= 15 is 0 Å². The molecule has 114 valence electrons. The minimum atomic E-state index is -0.264. The summed E-state index contributed by atoms with van der Waals surface area (Å²) in [5.41, 5.74) is 3.25. The van der Waals surface area contributed by atoms with Gasteiger partial charge in [0.2, 0.25) is 0 Å². The normalized spacial score (nSPS) is 20.1. The van der Waals surface area contributed by atoms with Gasteiger partial charge in [0.05, 0.1) is 11.8 Å². The number of para-hydroxylation sites is 1. The van der Waals surface area contributed by atoms with Crippen molar-refractivity contribution >= 4 is 5.82 Å². The highest BCUT2D eigenvalue weighted by atomic mass is 16.5. The summed E-state index contributed by atoms with van der Waals surface area (Å²) in [5, 5.41) is 9.84. The molecule has 0 aliphatic carbocycles. The highest BCUT2D eigenvalue weighted by molar-refractivity contribution is 5.54. The molecule has 4 rings (SSSR count). The van der Waals surface area contributed by atoms with Crippen LogP contribution in [-0.2, 0) is 13.0 Å². The van der Waals surface area contributed by atoms with Gasteiger partial charge >= 0.3 is 0 Å². The van der Waals surface area contributed by atoms with Crippen molar-refractivity contribution in [3.05, 3.63) is 46.9 Å². The predicted octanol–water partition coefficient (Wildman–Crippen LogP) is 1.84. The molecule has 0 unspecified atom stereocenters. The van der Waals surface area contributed by atoms with Crippen LogP contribution in [0.4, 0.5) is 5.82 Å². The van der Waals surface area contributed by atoms with Gasteiger partial charge in [0.1, 0.15) is 24.0 Å². The van der Waals surface area contributed by atoms with E-state index in [4.69, 9.17) is 4.74 Å². The average Bonchev–Trinajstić information content (AvgIpc) is 2.85. The molecule has 2 aromatic rings. The Morgan fingerprint density at radius 2 is 2.14 bits per heavy atom. The maximum atomic E-state index is 9.84. The van der Waals surface area contributed by atoms with Crippen molar-refractivity contribution in [3.8, 4) is 5.75 Å². The lowest BCUT2D eigenvalue weighted by molar-refractivity contribution is 0.198. The molecule has 1 aromatic heterocycles. The Kier molecular flexibility index (Phi) is 3.22. The lowest BCUT2D eigenvalue weighted by Gasteiger charge is -2.21. The van der Waals surface area contributed by atoms with E-state index < -0.39 is 0 Å². The van der Waals surface area contributed by atoms with Crippen LogP contribution in [0.5, 0.6) is 5.75 Å². The van der Waals surface area contributed by atoms with Crippen LogP contribution in [0, 0.1) is 6.92 Å². The lowest BCUT2D eigenvalue weighted by atomic mass is 10.0. The molecule has 1 fully saturated rings. The fraction of sp³-hybridized carbons (Fsp3) is 0.412. The van der Waals surface area contributed by atoms with Gasteiger partial charge in [0, 0.05) is 25.1 Å². The Labute approximate surface area is 129 Å². The van der Waals surface area contributed by atoms with Crippen molar-refractivity contribution in [2.24, 2.45) is 0 Å². The van der Waals surface area contributed by atoms with Crippen molar-refractivity contribution in [2.45, 2.75) is 32.5 Å². The molecule has 0 amide bonds. The number of aromatic nitrogens is 2. The molecular weight excluding hydrogens is 278 g/mol. The number of β-amino-alcohol motifs (C(OH)–C–C–N with tert-alkyl or cyclic N) is 1. The van der Waals surface area contributed by atoms with Crippen LogP contribution in [0.25, 0.3) is 0 Å². The number of hydrogen-bond acceptors (Lipinski definition) is 5. The zero-order valence-corrected chi connectivity index (χ0v) is 12.6. The SMILES string of the molecule is Cc1nc2c(c(N3CC[C@@H](O)C3)n1)Cc1ccccc1OC2. The highest BCUT2D eigenvalue weighted by Gasteiger charge is 2.27. The smallest absolute Gasteiger partial charge is 0.136 e. The van der Waals surface area contributed by atoms with E-state index in [9.17, 15) is 5.11 Å². The number of aryl methyl sites for hydroxylation is 1. The highest BCUT2D eigenvalue weighted by Crippen LogP contribution is 2.33. The van der Waals surface area contributed by atoms with Gasteiger partial charge in [-0.25, -0.2) is 9.97 Å². The number of aliphatic hydroxyl groups excluding tert-OH is 1. The molecule has 1 atom stereocenters. The molecule has 0 spiro atoms. The molecule has 2 aliphatic rings. The summed E-state index contributed by atoms with van der Waals surface area (Å²) in [5.74, 6) is 2.63. The van der Waals surface area contributed by atoms with Crippen molar-refractivity contribution in [3.63, 3.8) is 0 Å². The van der Waals surface area contributed by atoms with Gasteiger partial charge in [-0.15, -0.1) is 0 Å².